The van der Waals surface area contributed by atoms with Crippen molar-refractivity contribution in [3.8, 4) is 5.75 Å². The zero-order chi connectivity index (χ0) is 37.5. The fourth-order valence-corrected chi connectivity index (χ4v) is 7.94. The summed E-state index contributed by atoms with van der Waals surface area (Å²) in [4.78, 5) is 77.0. The van der Waals surface area contributed by atoms with Gasteiger partial charge in [-0.25, -0.2) is 14.4 Å². The highest BCUT2D eigenvalue weighted by atomic mass is 16.6. The van der Waals surface area contributed by atoms with E-state index in [1.807, 2.05) is 13.1 Å². The fourth-order valence-electron chi connectivity index (χ4n) is 7.94. The van der Waals surface area contributed by atoms with E-state index in [0.717, 1.165) is 18.1 Å². The van der Waals surface area contributed by atoms with Crippen LogP contribution in [0.4, 0.5) is 0 Å². The molecule has 16 nitrogen and oxygen atoms in total. The number of hydrogen-bond acceptors (Lipinski definition) is 14. The van der Waals surface area contributed by atoms with E-state index in [0.29, 0.717) is 30.7 Å². The molecular formula is C36H37NO15. The Morgan fingerprint density at radius 2 is 1.69 bits per heavy atom. The van der Waals surface area contributed by atoms with Crippen LogP contribution in [0.25, 0.3) is 0 Å². The van der Waals surface area contributed by atoms with Gasteiger partial charge in [-0.3, -0.25) is 14.4 Å². The van der Waals surface area contributed by atoms with Crippen molar-refractivity contribution in [2.45, 2.75) is 87.1 Å². The van der Waals surface area contributed by atoms with Gasteiger partial charge in [0, 0.05) is 36.1 Å². The molecule has 2 aromatic rings. The highest BCUT2D eigenvalue weighted by Crippen LogP contribution is 2.64. The minimum Gasteiger partial charge on any atom is -0.481 e. The molecule has 2 heterocycles. The van der Waals surface area contributed by atoms with E-state index in [4.69, 9.17) is 28.8 Å². The van der Waals surface area contributed by atoms with Crippen LogP contribution < -0.4 is 4.74 Å². The van der Waals surface area contributed by atoms with Gasteiger partial charge >= 0.3 is 35.8 Å². The number of nitrogens with zero attached hydrogens (tertiary/aromatic N) is 1. The lowest BCUT2D eigenvalue weighted by Gasteiger charge is -2.61. The van der Waals surface area contributed by atoms with E-state index in [2.05, 4.69) is 4.90 Å². The number of carbonyl (C=O) groups excluding carboxylic acids is 4. The lowest BCUT2D eigenvalue weighted by Crippen LogP contribution is -2.74. The number of likely N-dealkylation sites (tertiary alicyclic amines) is 1. The Hall–Kier alpha value is -5.32. The largest absolute Gasteiger partial charge is 0.481 e. The molecule has 2 aliphatic heterocycles. The lowest BCUT2D eigenvalue weighted by atomic mass is 9.50. The van der Waals surface area contributed by atoms with Crippen LogP contribution in [-0.2, 0) is 66.2 Å². The molecule has 1 saturated heterocycles. The third-order valence-electron chi connectivity index (χ3n) is 10.2. The zero-order valence-corrected chi connectivity index (χ0v) is 28.2. The molecule has 16 heteroatoms. The summed E-state index contributed by atoms with van der Waals surface area (Å²) in [6.45, 7) is 1.25. The summed E-state index contributed by atoms with van der Waals surface area (Å²) >= 11 is 0. The van der Waals surface area contributed by atoms with E-state index in [9.17, 15) is 44.1 Å². The normalized spacial score (nSPS) is 25.6. The number of rotatable bonds is 13. The maximum atomic E-state index is 13.5. The van der Waals surface area contributed by atoms with Gasteiger partial charge in [0.15, 0.2) is 6.10 Å². The molecule has 7 atom stereocenters. The van der Waals surface area contributed by atoms with Crippen molar-refractivity contribution in [2.24, 2.45) is 0 Å². The third kappa shape index (κ3) is 6.26. The number of carboxylic acids is 2. The van der Waals surface area contributed by atoms with Crippen molar-refractivity contribution < 1.29 is 72.9 Å². The number of benzene rings is 2. The molecule has 1 spiro atoms. The van der Waals surface area contributed by atoms with E-state index >= 15 is 0 Å². The van der Waals surface area contributed by atoms with Crippen LogP contribution in [-0.4, -0.2) is 105 Å². The Morgan fingerprint density at radius 3 is 2.35 bits per heavy atom. The molecule has 0 aromatic heterocycles. The first-order chi connectivity index (χ1) is 24.7. The number of piperidine rings is 1. The summed E-state index contributed by atoms with van der Waals surface area (Å²) in [6.07, 6.45) is -6.32. The minimum atomic E-state index is -2.12. The maximum absolute atomic E-state index is 13.5. The minimum absolute atomic E-state index is 0.00653. The quantitative estimate of drug-likeness (QED) is 0.167. The first kappa shape index (κ1) is 36.5. The number of aliphatic hydroxyl groups is 2. The second-order valence-electron chi connectivity index (χ2n) is 13.3. The summed E-state index contributed by atoms with van der Waals surface area (Å²) in [6, 6.07) is 10.6. The highest BCUT2D eigenvalue weighted by molar-refractivity contribution is 5.88. The van der Waals surface area contributed by atoms with Gasteiger partial charge < -0.3 is 49.0 Å². The van der Waals surface area contributed by atoms with Gasteiger partial charge in [-0.05, 0) is 38.1 Å². The number of aliphatic hydroxyl groups excluding tert-OH is 1. The molecule has 52 heavy (non-hydrogen) atoms. The van der Waals surface area contributed by atoms with Gasteiger partial charge in [-0.2, -0.15) is 0 Å². The molecule has 2 bridgehead atoms. The van der Waals surface area contributed by atoms with E-state index in [1.165, 1.54) is 24.3 Å². The maximum Gasteiger partial charge on any atom is 0.353 e. The van der Waals surface area contributed by atoms with Crippen LogP contribution in [0.2, 0.25) is 0 Å². The van der Waals surface area contributed by atoms with Crippen molar-refractivity contribution in [3.05, 3.63) is 76.6 Å². The standard InChI is InChI=1S/C36H37NO15/c1-18(39)48-24(33(45)52-30(19-6-4-3-5-7-19)34(46)50-23(32(43)44)15-26(40)41)16-27(42)49-22-10-11-36(47)25-14-20-8-9-21(17-38)29-28(20)35(36,31(22)51-29)12-13-37(25)2/h3-10,23-25,30-31,38,47H,11-17H2,1-2H3,(H,40,41)(H,43,44)/t23-,24+,25-,30+,31+,35+,36-/m1/s1. The number of carbonyl (C=O) groups is 6. The van der Waals surface area contributed by atoms with Crippen LogP contribution in [0, 0.1) is 0 Å². The monoisotopic (exact) mass is 723 g/mol. The predicted octanol–water partition coefficient (Wildman–Crippen LogP) is 1.08. The molecule has 0 saturated carbocycles. The number of esters is 4. The summed E-state index contributed by atoms with van der Waals surface area (Å²) in [5, 5.41) is 40.9. The summed E-state index contributed by atoms with van der Waals surface area (Å²) in [5.41, 5.74) is -0.0881. The highest BCUT2D eigenvalue weighted by Gasteiger charge is 2.72. The van der Waals surface area contributed by atoms with Crippen molar-refractivity contribution in [1.82, 2.24) is 4.90 Å². The molecule has 4 aliphatic rings. The second-order valence-corrected chi connectivity index (χ2v) is 13.3. The Bertz CT molecular complexity index is 1840. The van der Waals surface area contributed by atoms with Crippen LogP contribution in [0.1, 0.15) is 61.0 Å². The van der Waals surface area contributed by atoms with Crippen molar-refractivity contribution >= 4 is 35.8 Å². The predicted molar refractivity (Wildman–Crippen MR) is 172 cm³/mol. The third-order valence-corrected chi connectivity index (χ3v) is 10.2. The fraction of sp³-hybridized carbons (Fsp3) is 0.444. The number of carboxylic acid groups (broad SMARTS) is 2. The van der Waals surface area contributed by atoms with Crippen LogP contribution in [0.3, 0.4) is 0 Å². The first-order valence-corrected chi connectivity index (χ1v) is 16.5. The molecule has 2 aromatic carbocycles. The number of aliphatic carboxylic acids is 2. The van der Waals surface area contributed by atoms with Crippen LogP contribution in [0.5, 0.6) is 5.75 Å². The summed E-state index contributed by atoms with van der Waals surface area (Å²) in [7, 11) is 1.93. The Morgan fingerprint density at radius 1 is 0.962 bits per heavy atom. The first-order valence-electron chi connectivity index (χ1n) is 16.5. The van der Waals surface area contributed by atoms with Crippen molar-refractivity contribution in [3.63, 3.8) is 0 Å². The average molecular weight is 724 g/mol. The van der Waals surface area contributed by atoms with Crippen LogP contribution in [0.15, 0.2) is 54.3 Å². The molecule has 6 rings (SSSR count). The molecule has 1 fully saturated rings. The van der Waals surface area contributed by atoms with Crippen molar-refractivity contribution in [1.29, 1.82) is 0 Å². The molecule has 0 unspecified atom stereocenters. The zero-order valence-electron chi connectivity index (χ0n) is 28.2. The average Bonchev–Trinajstić information content (AvgIpc) is 3.45. The van der Waals surface area contributed by atoms with Gasteiger partial charge in [-0.15, -0.1) is 0 Å². The van der Waals surface area contributed by atoms with E-state index in [1.54, 1.807) is 18.2 Å². The number of hydrogen-bond donors (Lipinski definition) is 4. The molecule has 2 aliphatic carbocycles. The number of ether oxygens (including phenoxy) is 5. The smallest absolute Gasteiger partial charge is 0.353 e. The van der Waals surface area contributed by atoms with Crippen LogP contribution >= 0.6 is 0 Å². The van der Waals surface area contributed by atoms with E-state index in [-0.39, 0.29) is 30.4 Å². The van der Waals surface area contributed by atoms with Gasteiger partial charge in [0.2, 0.25) is 18.3 Å². The molecule has 0 amide bonds. The van der Waals surface area contributed by atoms with Gasteiger partial charge in [0.05, 0.1) is 30.5 Å². The topological polar surface area (TPSA) is 233 Å². The van der Waals surface area contributed by atoms with E-state index < -0.39 is 84.1 Å². The van der Waals surface area contributed by atoms with Gasteiger partial charge in [-0.1, -0.05) is 42.5 Å². The Kier molecular flexibility index (Phi) is 9.83. The van der Waals surface area contributed by atoms with Crippen molar-refractivity contribution in [2.75, 3.05) is 13.6 Å². The summed E-state index contributed by atoms with van der Waals surface area (Å²) < 4.78 is 27.6. The molecule has 276 valence electrons. The Balaban J connectivity index is 1.24. The molecule has 0 radical (unpaired) electrons. The molecular weight excluding hydrogens is 686 g/mol. The van der Waals surface area contributed by atoms with Gasteiger partial charge in [0.1, 0.15) is 11.5 Å². The lowest BCUT2D eigenvalue weighted by molar-refractivity contribution is -0.186. The number of likely N-dealkylation sites (N-methyl/N-ethyl adjacent to an activating group) is 1. The summed E-state index contributed by atoms with van der Waals surface area (Å²) in [5.74, 6) is -7.70. The second kappa shape index (κ2) is 14.0. The Labute approximate surface area is 296 Å². The van der Waals surface area contributed by atoms with Gasteiger partial charge in [0.25, 0.3) is 0 Å². The molecule has 4 N–H and O–H groups in total. The SMILES string of the molecule is CC(=O)O[C@@H](CC(=O)OC1=CC[C@@]2(O)[C@H]3Cc4ccc(CO)c5c4[C@@]2(CCN3C)[C@H]1O5)C(=O)O[C@H](C(=O)O[C@H](CC(=O)O)C(=O)O)c1ccccc1.